The summed E-state index contributed by atoms with van der Waals surface area (Å²) in [5.41, 5.74) is 0.976. The van der Waals surface area contributed by atoms with Gasteiger partial charge in [-0.3, -0.25) is 19.9 Å². The summed E-state index contributed by atoms with van der Waals surface area (Å²) >= 11 is 6.21. The van der Waals surface area contributed by atoms with Crippen LogP contribution in [0.3, 0.4) is 0 Å². The molecule has 2 heterocycles. The van der Waals surface area contributed by atoms with Gasteiger partial charge in [-0.15, -0.1) is 0 Å². The lowest BCUT2D eigenvalue weighted by Crippen LogP contribution is -2.36. The van der Waals surface area contributed by atoms with Crippen molar-refractivity contribution in [1.82, 2.24) is 9.80 Å². The molecule has 2 fully saturated rings. The lowest BCUT2D eigenvalue weighted by Gasteiger charge is -2.25. The van der Waals surface area contributed by atoms with Crippen molar-refractivity contribution in [2.45, 2.75) is 31.8 Å². The van der Waals surface area contributed by atoms with Gasteiger partial charge in [-0.2, -0.15) is 0 Å². The summed E-state index contributed by atoms with van der Waals surface area (Å²) in [5.74, 6) is 0. The Balaban J connectivity index is 1.73. The van der Waals surface area contributed by atoms with Crippen LogP contribution in [0, 0.1) is 10.1 Å². The average molecular weight is 310 g/mol. The number of fused-ring (bicyclic) bond motifs is 1. The van der Waals surface area contributed by atoms with E-state index in [1.54, 1.807) is 12.1 Å². The van der Waals surface area contributed by atoms with Gasteiger partial charge in [-0.1, -0.05) is 11.6 Å². The number of hydrogen-bond acceptors (Lipinski definition) is 4. The molecule has 0 amide bonds. The molecule has 5 nitrogen and oxygen atoms in total. The predicted octanol–water partition coefficient (Wildman–Crippen LogP) is 2.92. The monoisotopic (exact) mass is 309 g/mol. The van der Waals surface area contributed by atoms with Gasteiger partial charge in [0.15, 0.2) is 0 Å². The minimum atomic E-state index is -0.360. The van der Waals surface area contributed by atoms with Gasteiger partial charge in [0.2, 0.25) is 0 Å². The Kier molecular flexibility index (Phi) is 4.42. The van der Waals surface area contributed by atoms with Gasteiger partial charge in [-0.25, -0.2) is 0 Å². The van der Waals surface area contributed by atoms with Crippen molar-refractivity contribution >= 4 is 17.3 Å². The third-order valence-corrected chi connectivity index (χ3v) is 4.89. The average Bonchev–Trinajstić information content (AvgIpc) is 2.80. The van der Waals surface area contributed by atoms with Crippen LogP contribution in [0.15, 0.2) is 18.2 Å². The largest absolute Gasteiger partial charge is 0.299 e. The number of nitrogens with zero attached hydrogens (tertiary/aromatic N) is 3. The Morgan fingerprint density at radius 2 is 2.10 bits per heavy atom. The van der Waals surface area contributed by atoms with Crippen molar-refractivity contribution < 1.29 is 4.92 Å². The number of hydrogen-bond donors (Lipinski definition) is 0. The zero-order valence-corrected chi connectivity index (χ0v) is 12.8. The van der Waals surface area contributed by atoms with Crippen molar-refractivity contribution in [3.8, 4) is 0 Å². The molecule has 0 saturated carbocycles. The van der Waals surface area contributed by atoms with E-state index in [0.29, 0.717) is 17.6 Å². The summed E-state index contributed by atoms with van der Waals surface area (Å²) < 4.78 is 0. The van der Waals surface area contributed by atoms with Crippen LogP contribution >= 0.6 is 11.6 Å². The van der Waals surface area contributed by atoms with Gasteiger partial charge in [0.05, 0.1) is 4.92 Å². The highest BCUT2D eigenvalue weighted by Gasteiger charge is 2.28. The first-order chi connectivity index (χ1) is 10.1. The van der Waals surface area contributed by atoms with Crippen molar-refractivity contribution in [2.24, 2.45) is 0 Å². The maximum atomic E-state index is 10.9. The van der Waals surface area contributed by atoms with Gasteiger partial charge in [-0.05, 0) is 50.5 Å². The normalized spacial score (nSPS) is 23.8. The summed E-state index contributed by atoms with van der Waals surface area (Å²) in [5, 5.41) is 11.5. The first-order valence-corrected chi connectivity index (χ1v) is 7.90. The predicted molar refractivity (Wildman–Crippen MR) is 82.6 cm³/mol. The molecule has 0 radical (unpaired) electrons. The van der Waals surface area contributed by atoms with E-state index < -0.39 is 0 Å². The number of non-ortho nitro benzene ring substituents is 1. The summed E-state index contributed by atoms with van der Waals surface area (Å²) in [7, 11) is 0. The lowest BCUT2D eigenvalue weighted by molar-refractivity contribution is -0.384. The van der Waals surface area contributed by atoms with Crippen LogP contribution in [0.4, 0.5) is 5.69 Å². The van der Waals surface area contributed by atoms with Crippen molar-refractivity contribution in [3.05, 3.63) is 38.9 Å². The fourth-order valence-corrected chi connectivity index (χ4v) is 3.64. The summed E-state index contributed by atoms with van der Waals surface area (Å²) in [6.45, 7) is 5.16. The fourth-order valence-electron chi connectivity index (χ4n) is 3.46. The van der Waals surface area contributed by atoms with E-state index in [1.807, 2.05) is 0 Å². The van der Waals surface area contributed by atoms with Crippen LogP contribution in [-0.2, 0) is 6.54 Å². The topological polar surface area (TPSA) is 49.6 Å². The van der Waals surface area contributed by atoms with Gasteiger partial charge in [0.25, 0.3) is 5.69 Å². The molecule has 21 heavy (non-hydrogen) atoms. The van der Waals surface area contributed by atoms with E-state index in [4.69, 9.17) is 11.6 Å². The van der Waals surface area contributed by atoms with Crippen molar-refractivity contribution in [3.63, 3.8) is 0 Å². The van der Waals surface area contributed by atoms with Crippen LogP contribution in [-0.4, -0.2) is 46.9 Å². The maximum absolute atomic E-state index is 10.9. The first-order valence-electron chi connectivity index (χ1n) is 7.53. The molecular weight excluding hydrogens is 290 g/mol. The van der Waals surface area contributed by atoms with Crippen LogP contribution in [0.2, 0.25) is 5.02 Å². The molecular formula is C15H20ClN3O2. The Bertz CT molecular complexity index is 538. The van der Waals surface area contributed by atoms with Crippen LogP contribution < -0.4 is 0 Å². The molecule has 0 bridgehead atoms. The second-order valence-electron chi connectivity index (χ2n) is 5.95. The van der Waals surface area contributed by atoms with Crippen LogP contribution in [0.25, 0.3) is 0 Å². The molecule has 0 N–H and O–H groups in total. The standard InChI is InChI=1S/C15H20ClN3O2/c16-15-5-4-13(19(20)21)9-12(15)10-17-6-2-8-18-7-1-3-14(18)11-17/h4-5,9,14H,1-3,6-8,10-11H2. The minimum absolute atomic E-state index is 0.117. The molecule has 1 aromatic carbocycles. The van der Waals surface area contributed by atoms with E-state index in [9.17, 15) is 10.1 Å². The van der Waals surface area contributed by atoms with E-state index in [0.717, 1.165) is 25.1 Å². The molecule has 2 aliphatic rings. The Morgan fingerprint density at radius 3 is 2.90 bits per heavy atom. The van der Waals surface area contributed by atoms with Gasteiger partial charge in [0, 0.05) is 36.3 Å². The second-order valence-corrected chi connectivity index (χ2v) is 6.36. The SMILES string of the molecule is O=[N+]([O-])c1ccc(Cl)c(CN2CCCN3CCCC3C2)c1. The molecule has 1 atom stereocenters. The molecule has 3 rings (SSSR count). The summed E-state index contributed by atoms with van der Waals surface area (Å²) in [6.07, 6.45) is 3.71. The van der Waals surface area contributed by atoms with Crippen molar-refractivity contribution in [1.29, 1.82) is 0 Å². The molecule has 2 saturated heterocycles. The van der Waals surface area contributed by atoms with E-state index in [2.05, 4.69) is 9.80 Å². The molecule has 1 aromatic rings. The zero-order valence-electron chi connectivity index (χ0n) is 12.0. The molecule has 0 spiro atoms. The molecule has 0 aromatic heterocycles. The van der Waals surface area contributed by atoms with E-state index in [1.165, 1.54) is 32.0 Å². The van der Waals surface area contributed by atoms with Crippen molar-refractivity contribution in [2.75, 3.05) is 26.2 Å². The maximum Gasteiger partial charge on any atom is 0.269 e. The second kappa shape index (κ2) is 6.30. The molecule has 6 heteroatoms. The first kappa shape index (κ1) is 14.8. The Morgan fingerprint density at radius 1 is 1.29 bits per heavy atom. The van der Waals surface area contributed by atoms with Gasteiger partial charge in [0.1, 0.15) is 0 Å². The Labute approximate surface area is 129 Å². The van der Waals surface area contributed by atoms with Crippen LogP contribution in [0.5, 0.6) is 0 Å². The molecule has 114 valence electrons. The Hall–Kier alpha value is -1.17. The quantitative estimate of drug-likeness (QED) is 0.636. The summed E-state index contributed by atoms with van der Waals surface area (Å²) in [4.78, 5) is 15.5. The molecule has 1 unspecified atom stereocenters. The van der Waals surface area contributed by atoms with Gasteiger partial charge < -0.3 is 0 Å². The lowest BCUT2D eigenvalue weighted by atomic mass is 10.1. The number of benzene rings is 1. The molecule has 2 aliphatic heterocycles. The molecule has 0 aliphatic carbocycles. The fraction of sp³-hybridized carbons (Fsp3) is 0.600. The minimum Gasteiger partial charge on any atom is -0.299 e. The highest BCUT2D eigenvalue weighted by atomic mass is 35.5. The third kappa shape index (κ3) is 3.36. The van der Waals surface area contributed by atoms with Gasteiger partial charge >= 0.3 is 0 Å². The van der Waals surface area contributed by atoms with E-state index >= 15 is 0 Å². The highest BCUT2D eigenvalue weighted by molar-refractivity contribution is 6.31. The highest BCUT2D eigenvalue weighted by Crippen LogP contribution is 2.26. The van der Waals surface area contributed by atoms with Crippen LogP contribution in [0.1, 0.15) is 24.8 Å². The number of nitro groups is 1. The summed E-state index contributed by atoms with van der Waals surface area (Å²) in [6, 6.07) is 5.35. The number of halogens is 1. The third-order valence-electron chi connectivity index (χ3n) is 4.52. The number of nitro benzene ring substituents is 1. The zero-order chi connectivity index (χ0) is 14.8. The van der Waals surface area contributed by atoms with E-state index in [-0.39, 0.29) is 10.6 Å². The smallest absolute Gasteiger partial charge is 0.269 e. The number of rotatable bonds is 3.